The number of nitrogens with zero attached hydrogens (tertiary/aromatic N) is 3. The molecule has 6 heterocycles. The van der Waals surface area contributed by atoms with E-state index in [1.54, 1.807) is 12.4 Å². The van der Waals surface area contributed by atoms with E-state index in [0.29, 0.717) is 5.03 Å². The number of H-pyrrole nitrogens is 2. The zero-order chi connectivity index (χ0) is 34.0. The molecule has 0 spiro atoms. The summed E-state index contributed by atoms with van der Waals surface area (Å²) < 4.78 is 10.5. The smallest absolute Gasteiger partial charge is 0.407 e. The van der Waals surface area contributed by atoms with E-state index in [2.05, 4.69) is 59.0 Å². The topological polar surface area (TPSA) is 149 Å². The van der Waals surface area contributed by atoms with Crippen molar-refractivity contribution in [2.75, 3.05) is 31.1 Å². The number of hydrogen-bond donors (Lipinski definition) is 5. The Morgan fingerprint density at radius 1 is 0.894 bits per heavy atom. The molecular formula is C34H48ClN8O4+. The number of carbonyl (C=O) groups is 2. The van der Waals surface area contributed by atoms with Crippen molar-refractivity contribution in [1.82, 2.24) is 30.9 Å². The molecule has 2 saturated heterocycles. The summed E-state index contributed by atoms with van der Waals surface area (Å²) >= 11 is 5.78. The molecule has 3 aliphatic rings. The normalized spacial score (nSPS) is 16.7. The van der Waals surface area contributed by atoms with Gasteiger partial charge in [-0.05, 0) is 104 Å². The van der Waals surface area contributed by atoms with E-state index < -0.39 is 11.2 Å². The highest BCUT2D eigenvalue weighted by atomic mass is 35.5. The second-order valence-electron chi connectivity index (χ2n) is 13.6. The van der Waals surface area contributed by atoms with Crippen LogP contribution in [0.4, 0.5) is 15.3 Å². The standard InChI is InChI=1S/C17H24N4O2.C10H20N2O2.C7H4ClN2/c1-17(2,3)23-16(22)20-12-6-10-21(11-7-12)14-5-9-19-15-13(14)4-8-18-15;1-10(2,3)14-9(13)12-8-4-6-11-7-5-8;8-6-2-4-10-7-5(6)1-3-9-7/h4-5,8-9,12H,6-7,10-11H2,1-3H3,(H,18,19)(H,20,22);8,11H,4-7H2,1-3H3,(H,12,13);1,3-4H,(H,9,10)/q;;+1. The molecule has 0 bridgehead atoms. The van der Waals surface area contributed by atoms with Crippen molar-refractivity contribution in [1.29, 1.82) is 0 Å². The maximum absolute atomic E-state index is 11.9. The number of rotatable bonds is 3. The van der Waals surface area contributed by atoms with Crippen molar-refractivity contribution < 1.29 is 19.1 Å². The molecule has 13 heteroatoms. The molecule has 0 unspecified atom stereocenters. The number of carbonyl (C=O) groups excluding carboxylic acids is 2. The number of allylic oxidation sites excluding steroid dienone is 1. The van der Waals surface area contributed by atoms with Gasteiger partial charge >= 0.3 is 12.2 Å². The van der Waals surface area contributed by atoms with E-state index >= 15 is 0 Å². The van der Waals surface area contributed by atoms with Gasteiger partial charge in [-0.25, -0.2) is 14.6 Å². The van der Waals surface area contributed by atoms with Crippen LogP contribution < -0.4 is 31.6 Å². The number of piperidine rings is 2. The predicted octanol–water partition coefficient (Wildman–Crippen LogP) is 4.63. The van der Waals surface area contributed by atoms with Gasteiger partial charge in [0.05, 0.1) is 6.07 Å². The summed E-state index contributed by atoms with van der Waals surface area (Å²) in [5, 5.41) is 11.8. The summed E-state index contributed by atoms with van der Waals surface area (Å²) in [6.07, 6.45) is 13.1. The van der Waals surface area contributed by atoms with Gasteiger partial charge in [0.1, 0.15) is 22.9 Å². The third-order valence-electron chi connectivity index (χ3n) is 7.40. The first-order valence-electron chi connectivity index (χ1n) is 16.1. The molecule has 0 radical (unpaired) electrons. The Kier molecular flexibility index (Phi) is 12.3. The minimum atomic E-state index is -0.457. The van der Waals surface area contributed by atoms with Crippen molar-refractivity contribution in [3.63, 3.8) is 0 Å². The second kappa shape index (κ2) is 16.1. The van der Waals surface area contributed by atoms with Crippen LogP contribution in [0.1, 0.15) is 67.2 Å². The van der Waals surface area contributed by atoms with Crippen molar-refractivity contribution >= 4 is 45.5 Å². The fraction of sp³-hybridized carbons (Fsp3) is 0.529. The maximum Gasteiger partial charge on any atom is 0.407 e. The number of fused-ring (bicyclic) bond motifs is 2. The summed E-state index contributed by atoms with van der Waals surface area (Å²) in [5.74, 6) is 0. The zero-order valence-corrected chi connectivity index (χ0v) is 29.0. The van der Waals surface area contributed by atoms with Gasteiger partial charge in [0, 0.05) is 54.8 Å². The summed E-state index contributed by atoms with van der Waals surface area (Å²) in [5.41, 5.74) is 2.06. The fourth-order valence-corrected chi connectivity index (χ4v) is 5.48. The minimum absolute atomic E-state index is 0.171. The minimum Gasteiger partial charge on any atom is -0.444 e. The lowest BCUT2D eigenvalue weighted by Crippen LogP contribution is -2.46. The Morgan fingerprint density at radius 3 is 2.09 bits per heavy atom. The Bertz CT molecular complexity index is 1620. The Balaban J connectivity index is 0.000000176. The molecule has 47 heavy (non-hydrogen) atoms. The number of aromatic amines is 2. The predicted molar refractivity (Wildman–Crippen MR) is 185 cm³/mol. The fourth-order valence-electron chi connectivity index (χ4n) is 5.28. The van der Waals surface area contributed by atoms with Crippen LogP contribution in [0.15, 0.2) is 48.0 Å². The van der Waals surface area contributed by atoms with E-state index in [1.165, 1.54) is 5.69 Å². The van der Waals surface area contributed by atoms with E-state index in [4.69, 9.17) is 21.1 Å². The van der Waals surface area contributed by atoms with Gasteiger partial charge in [-0.2, -0.15) is 4.99 Å². The summed E-state index contributed by atoms with van der Waals surface area (Å²) in [6, 6.07) is 6.43. The van der Waals surface area contributed by atoms with Crippen LogP contribution in [0, 0.1) is 6.08 Å². The highest BCUT2D eigenvalue weighted by Crippen LogP contribution is 2.27. The third-order valence-corrected chi connectivity index (χ3v) is 7.71. The number of hydrogen-bond acceptors (Lipinski definition) is 8. The maximum atomic E-state index is 11.9. The first-order chi connectivity index (χ1) is 22.3. The van der Waals surface area contributed by atoms with Crippen LogP contribution in [0.25, 0.3) is 16.1 Å². The van der Waals surface area contributed by atoms with Crippen LogP contribution in [0.5, 0.6) is 0 Å². The van der Waals surface area contributed by atoms with E-state index in [-0.39, 0.29) is 24.3 Å². The van der Waals surface area contributed by atoms with Crippen molar-refractivity contribution in [2.45, 2.75) is 90.5 Å². The van der Waals surface area contributed by atoms with Gasteiger partial charge in [0.2, 0.25) is 5.49 Å². The number of alkyl carbamates (subject to hydrolysis) is 2. The van der Waals surface area contributed by atoms with Crippen LogP contribution in [-0.4, -0.2) is 76.6 Å². The van der Waals surface area contributed by atoms with Gasteiger partial charge in [0.25, 0.3) is 5.03 Å². The molecule has 2 fully saturated rings. The molecular weight excluding hydrogens is 620 g/mol. The molecule has 6 rings (SSSR count). The molecule has 3 aromatic rings. The number of anilines is 1. The largest absolute Gasteiger partial charge is 0.444 e. The molecule has 0 atom stereocenters. The summed E-state index contributed by atoms with van der Waals surface area (Å²) in [6.45, 7) is 15.0. The highest BCUT2D eigenvalue weighted by Gasteiger charge is 2.25. The van der Waals surface area contributed by atoms with Gasteiger partial charge < -0.3 is 40.3 Å². The highest BCUT2D eigenvalue weighted by molar-refractivity contribution is 6.46. The van der Waals surface area contributed by atoms with Gasteiger partial charge in [-0.1, -0.05) is 0 Å². The lowest BCUT2D eigenvalue weighted by atomic mass is 10.0. The monoisotopic (exact) mass is 667 g/mol. The Labute approximate surface area is 281 Å². The molecule has 12 nitrogen and oxygen atoms in total. The first kappa shape index (κ1) is 35.7. The quantitative estimate of drug-likeness (QED) is 0.256. The average molecular weight is 668 g/mol. The lowest BCUT2D eigenvalue weighted by molar-refractivity contribution is 0.0484. The summed E-state index contributed by atoms with van der Waals surface area (Å²) in [7, 11) is 0. The van der Waals surface area contributed by atoms with Gasteiger partial charge in [-0.3, -0.25) is 0 Å². The first-order valence-corrected chi connectivity index (χ1v) is 16.5. The SMILES string of the molecule is CC(C)(C)OC(=O)NC1CCN(c2ccnc3[nH]ccc23)CC1.CC(C)(C)OC(=O)NC1CCNCC1.ClC1=c2cc[nH]c2=NC=[C+]1. The molecule has 0 aliphatic carbocycles. The molecule has 3 aliphatic heterocycles. The summed E-state index contributed by atoms with van der Waals surface area (Å²) in [4.78, 5) is 40.0. The van der Waals surface area contributed by atoms with E-state index in [1.807, 2.05) is 60.0 Å². The third kappa shape index (κ3) is 11.6. The molecule has 5 N–H and O–H groups in total. The Morgan fingerprint density at radius 2 is 1.49 bits per heavy atom. The van der Waals surface area contributed by atoms with Gasteiger partial charge in [-0.15, -0.1) is 0 Å². The molecule has 0 aromatic carbocycles. The lowest BCUT2D eigenvalue weighted by Gasteiger charge is -2.34. The number of ether oxygens (including phenoxy) is 2. The number of nitrogens with one attached hydrogen (secondary N) is 5. The van der Waals surface area contributed by atoms with Crippen LogP contribution in [0.3, 0.4) is 0 Å². The Hall–Kier alpha value is -4.12. The average Bonchev–Trinajstić information content (AvgIpc) is 3.68. The van der Waals surface area contributed by atoms with Crippen LogP contribution in [-0.2, 0) is 9.47 Å². The second-order valence-corrected chi connectivity index (χ2v) is 14.0. The van der Waals surface area contributed by atoms with Crippen molar-refractivity contribution in [2.24, 2.45) is 4.99 Å². The molecule has 0 saturated carbocycles. The van der Waals surface area contributed by atoms with Crippen molar-refractivity contribution in [3.05, 3.63) is 59.8 Å². The van der Waals surface area contributed by atoms with E-state index in [9.17, 15) is 9.59 Å². The zero-order valence-electron chi connectivity index (χ0n) is 28.2. The van der Waals surface area contributed by atoms with Crippen LogP contribution >= 0.6 is 11.6 Å². The number of aromatic nitrogens is 3. The molecule has 254 valence electrons. The van der Waals surface area contributed by atoms with Crippen LogP contribution in [0.2, 0.25) is 0 Å². The number of amides is 2. The van der Waals surface area contributed by atoms with Gasteiger partial charge in [0.15, 0.2) is 11.4 Å². The molecule has 3 aromatic heterocycles. The van der Waals surface area contributed by atoms with E-state index in [0.717, 1.165) is 73.6 Å². The number of pyridine rings is 1. The molecule has 2 amide bonds. The number of halogens is 1. The van der Waals surface area contributed by atoms with Crippen molar-refractivity contribution in [3.8, 4) is 0 Å².